The first-order chi connectivity index (χ1) is 9.22. The molecule has 0 radical (unpaired) electrons. The molecule has 0 aliphatic heterocycles. The predicted molar refractivity (Wildman–Crippen MR) is 80.1 cm³/mol. The van der Waals surface area contributed by atoms with E-state index >= 15 is 0 Å². The van der Waals surface area contributed by atoms with E-state index in [2.05, 4.69) is 54.3 Å². The van der Waals surface area contributed by atoms with Crippen LogP contribution >= 0.6 is 0 Å². The molecule has 2 atom stereocenters. The summed E-state index contributed by atoms with van der Waals surface area (Å²) in [6, 6.07) is 7.02. The number of pyridine rings is 1. The summed E-state index contributed by atoms with van der Waals surface area (Å²) >= 11 is 0. The second kappa shape index (κ2) is 7.01. The third-order valence-corrected chi connectivity index (χ3v) is 4.30. The van der Waals surface area contributed by atoms with Crippen LogP contribution in [0.1, 0.15) is 37.6 Å². The van der Waals surface area contributed by atoms with E-state index in [0.717, 1.165) is 24.7 Å². The largest absolute Gasteiger partial charge is 0.317 e. The molecule has 1 saturated carbocycles. The highest BCUT2D eigenvalue weighted by molar-refractivity contribution is 5.09. The average molecular weight is 261 g/mol. The first-order valence-corrected chi connectivity index (χ1v) is 7.55. The van der Waals surface area contributed by atoms with Crippen LogP contribution in [-0.4, -0.2) is 36.1 Å². The standard InChI is InChI=1S/C16H27N3/c1-4-19(11-14-8-6-10-16(14)17-3)12-15-9-5-7-13(2)18-15/h5,7,9,14,16-17H,4,6,8,10-12H2,1-3H3. The van der Waals surface area contributed by atoms with E-state index < -0.39 is 0 Å². The lowest BCUT2D eigenvalue weighted by Crippen LogP contribution is -2.37. The number of nitrogens with one attached hydrogen (secondary N) is 1. The molecular weight excluding hydrogens is 234 g/mol. The lowest BCUT2D eigenvalue weighted by Gasteiger charge is -2.27. The lowest BCUT2D eigenvalue weighted by molar-refractivity contribution is 0.216. The molecule has 1 fully saturated rings. The Morgan fingerprint density at radius 1 is 1.37 bits per heavy atom. The van der Waals surface area contributed by atoms with Crippen LogP contribution in [0.25, 0.3) is 0 Å². The Balaban J connectivity index is 1.93. The molecule has 0 amide bonds. The molecule has 0 aromatic carbocycles. The number of aryl methyl sites for hydroxylation is 1. The number of nitrogens with zero attached hydrogens (tertiary/aromatic N) is 2. The Morgan fingerprint density at radius 2 is 2.21 bits per heavy atom. The smallest absolute Gasteiger partial charge is 0.0547 e. The van der Waals surface area contributed by atoms with Crippen molar-refractivity contribution in [2.24, 2.45) is 5.92 Å². The van der Waals surface area contributed by atoms with Crippen molar-refractivity contribution in [1.29, 1.82) is 0 Å². The molecule has 1 N–H and O–H groups in total. The molecule has 0 spiro atoms. The summed E-state index contributed by atoms with van der Waals surface area (Å²) in [7, 11) is 2.10. The normalized spacial score (nSPS) is 23.2. The van der Waals surface area contributed by atoms with Gasteiger partial charge in [0.2, 0.25) is 0 Å². The maximum Gasteiger partial charge on any atom is 0.0547 e. The van der Waals surface area contributed by atoms with Gasteiger partial charge in [-0.15, -0.1) is 0 Å². The van der Waals surface area contributed by atoms with Crippen molar-refractivity contribution in [3.05, 3.63) is 29.6 Å². The zero-order valence-corrected chi connectivity index (χ0v) is 12.5. The van der Waals surface area contributed by atoms with Crippen LogP contribution in [-0.2, 0) is 6.54 Å². The van der Waals surface area contributed by atoms with Gasteiger partial charge in [0.1, 0.15) is 0 Å². The quantitative estimate of drug-likeness (QED) is 0.853. The molecule has 106 valence electrons. The van der Waals surface area contributed by atoms with Crippen LogP contribution in [0.5, 0.6) is 0 Å². The molecule has 1 heterocycles. The molecule has 1 aliphatic rings. The first kappa shape index (κ1) is 14.5. The molecular formula is C16H27N3. The minimum absolute atomic E-state index is 0.708. The van der Waals surface area contributed by atoms with Gasteiger partial charge in [-0.3, -0.25) is 9.88 Å². The van der Waals surface area contributed by atoms with Gasteiger partial charge in [0, 0.05) is 24.8 Å². The van der Waals surface area contributed by atoms with Crippen molar-refractivity contribution < 1.29 is 0 Å². The SMILES string of the molecule is CCN(Cc1cccc(C)n1)CC1CCCC1NC. The summed E-state index contributed by atoms with van der Waals surface area (Å²) in [6.07, 6.45) is 4.07. The van der Waals surface area contributed by atoms with Crippen molar-refractivity contribution >= 4 is 0 Å². The highest BCUT2D eigenvalue weighted by Gasteiger charge is 2.27. The van der Waals surface area contributed by atoms with Gasteiger partial charge in [-0.25, -0.2) is 0 Å². The second-order valence-corrected chi connectivity index (χ2v) is 5.68. The van der Waals surface area contributed by atoms with Crippen LogP contribution < -0.4 is 5.32 Å². The molecule has 1 aromatic rings. The van der Waals surface area contributed by atoms with Gasteiger partial charge in [-0.1, -0.05) is 19.4 Å². The fourth-order valence-electron chi connectivity index (χ4n) is 3.19. The van der Waals surface area contributed by atoms with Crippen molar-refractivity contribution in [3.8, 4) is 0 Å². The Morgan fingerprint density at radius 3 is 2.89 bits per heavy atom. The highest BCUT2D eigenvalue weighted by atomic mass is 15.1. The van der Waals surface area contributed by atoms with E-state index in [-0.39, 0.29) is 0 Å². The maximum atomic E-state index is 4.62. The van der Waals surface area contributed by atoms with Crippen molar-refractivity contribution in [3.63, 3.8) is 0 Å². The summed E-state index contributed by atoms with van der Waals surface area (Å²) in [5.41, 5.74) is 2.31. The van der Waals surface area contributed by atoms with Crippen molar-refractivity contribution in [2.75, 3.05) is 20.1 Å². The van der Waals surface area contributed by atoms with E-state index in [9.17, 15) is 0 Å². The van der Waals surface area contributed by atoms with Crippen LogP contribution in [0, 0.1) is 12.8 Å². The predicted octanol–water partition coefficient (Wildman–Crippen LogP) is 2.60. The first-order valence-electron chi connectivity index (χ1n) is 7.55. The molecule has 3 nitrogen and oxygen atoms in total. The van der Waals surface area contributed by atoms with Gasteiger partial charge >= 0.3 is 0 Å². The van der Waals surface area contributed by atoms with Gasteiger partial charge in [0.25, 0.3) is 0 Å². The monoisotopic (exact) mass is 261 g/mol. The number of hydrogen-bond donors (Lipinski definition) is 1. The molecule has 2 rings (SSSR count). The minimum Gasteiger partial charge on any atom is -0.317 e. The minimum atomic E-state index is 0.708. The zero-order valence-electron chi connectivity index (χ0n) is 12.5. The van der Waals surface area contributed by atoms with Gasteiger partial charge in [-0.05, 0) is 51.4 Å². The summed E-state index contributed by atoms with van der Waals surface area (Å²) in [4.78, 5) is 7.15. The number of hydrogen-bond acceptors (Lipinski definition) is 3. The Labute approximate surface area is 117 Å². The van der Waals surface area contributed by atoms with Crippen LogP contribution in [0.3, 0.4) is 0 Å². The molecule has 0 saturated heterocycles. The average Bonchev–Trinajstić information content (AvgIpc) is 2.85. The van der Waals surface area contributed by atoms with Crippen LogP contribution in [0.15, 0.2) is 18.2 Å². The molecule has 2 unspecified atom stereocenters. The third-order valence-electron chi connectivity index (χ3n) is 4.30. The summed E-state index contributed by atoms with van der Waals surface area (Å²) in [5.74, 6) is 0.801. The van der Waals surface area contributed by atoms with Gasteiger partial charge < -0.3 is 5.32 Å². The number of rotatable bonds is 6. The molecule has 3 heteroatoms. The van der Waals surface area contributed by atoms with Gasteiger partial charge in [-0.2, -0.15) is 0 Å². The van der Waals surface area contributed by atoms with Crippen LogP contribution in [0.4, 0.5) is 0 Å². The van der Waals surface area contributed by atoms with Crippen molar-refractivity contribution in [1.82, 2.24) is 15.2 Å². The summed E-state index contributed by atoms with van der Waals surface area (Å²) < 4.78 is 0. The second-order valence-electron chi connectivity index (χ2n) is 5.68. The molecule has 1 aromatic heterocycles. The Kier molecular flexibility index (Phi) is 5.34. The van der Waals surface area contributed by atoms with Crippen molar-refractivity contribution in [2.45, 2.75) is 45.7 Å². The zero-order chi connectivity index (χ0) is 13.7. The van der Waals surface area contributed by atoms with E-state index in [1.807, 2.05) is 0 Å². The summed E-state index contributed by atoms with van der Waals surface area (Å²) in [6.45, 7) is 7.58. The topological polar surface area (TPSA) is 28.2 Å². The fraction of sp³-hybridized carbons (Fsp3) is 0.688. The van der Waals surface area contributed by atoms with E-state index in [1.165, 1.54) is 31.5 Å². The molecule has 19 heavy (non-hydrogen) atoms. The van der Waals surface area contributed by atoms with Crippen LogP contribution in [0.2, 0.25) is 0 Å². The third kappa shape index (κ3) is 4.02. The maximum absolute atomic E-state index is 4.62. The number of aromatic nitrogens is 1. The van der Waals surface area contributed by atoms with E-state index in [0.29, 0.717) is 6.04 Å². The summed E-state index contributed by atoms with van der Waals surface area (Å²) in [5, 5.41) is 3.47. The van der Waals surface area contributed by atoms with E-state index in [1.54, 1.807) is 0 Å². The van der Waals surface area contributed by atoms with E-state index in [4.69, 9.17) is 0 Å². The highest BCUT2D eigenvalue weighted by Crippen LogP contribution is 2.26. The molecule has 1 aliphatic carbocycles. The molecule has 0 bridgehead atoms. The Hall–Kier alpha value is -0.930. The Bertz CT molecular complexity index is 391. The fourth-order valence-corrected chi connectivity index (χ4v) is 3.19. The van der Waals surface area contributed by atoms with Gasteiger partial charge in [0.15, 0.2) is 0 Å². The van der Waals surface area contributed by atoms with Gasteiger partial charge in [0.05, 0.1) is 5.69 Å². The lowest BCUT2D eigenvalue weighted by atomic mass is 10.0.